The van der Waals surface area contributed by atoms with Gasteiger partial charge in [0.05, 0.1) is 18.9 Å². The van der Waals surface area contributed by atoms with Crippen LogP contribution in [0.3, 0.4) is 0 Å². The van der Waals surface area contributed by atoms with Crippen LogP contribution in [0, 0.1) is 0 Å². The molecule has 0 aliphatic rings. The molecule has 4 heteroatoms. The number of hydrogen-bond acceptors (Lipinski definition) is 3. The summed E-state index contributed by atoms with van der Waals surface area (Å²) in [5, 5.41) is 0. The van der Waals surface area contributed by atoms with E-state index in [0.717, 1.165) is 5.76 Å². The first-order valence-corrected chi connectivity index (χ1v) is 5.55. The third-order valence-corrected chi connectivity index (χ3v) is 2.20. The van der Waals surface area contributed by atoms with E-state index in [9.17, 15) is 4.79 Å². The second kappa shape index (κ2) is 6.33. The van der Waals surface area contributed by atoms with Gasteiger partial charge < -0.3 is 14.1 Å². The molecule has 90 valence electrons. The Balaban J connectivity index is 2.44. The second-order valence-electron chi connectivity index (χ2n) is 3.85. The fraction of sp³-hybridized carbons (Fsp3) is 0.583. The Morgan fingerprint density at radius 3 is 2.81 bits per heavy atom. The smallest absolute Gasteiger partial charge is 0.248 e. The van der Waals surface area contributed by atoms with E-state index in [1.807, 2.05) is 32.9 Å². The predicted octanol–water partition coefficient (Wildman–Crippen LogP) is 2.05. The predicted molar refractivity (Wildman–Crippen MR) is 60.9 cm³/mol. The van der Waals surface area contributed by atoms with Crippen molar-refractivity contribution in [3.8, 4) is 0 Å². The highest BCUT2D eigenvalue weighted by atomic mass is 16.5. The van der Waals surface area contributed by atoms with Crippen molar-refractivity contribution in [3.63, 3.8) is 0 Å². The maximum atomic E-state index is 11.8. The number of nitrogens with zero attached hydrogens (tertiary/aromatic N) is 1. The van der Waals surface area contributed by atoms with E-state index in [-0.39, 0.29) is 18.6 Å². The molecular formula is C12H19NO3. The molecule has 0 aliphatic heterocycles. The van der Waals surface area contributed by atoms with Crippen LogP contribution in [0.15, 0.2) is 22.8 Å². The number of furan rings is 1. The number of carbonyl (C=O) groups excluding carboxylic acids is 1. The second-order valence-corrected chi connectivity index (χ2v) is 3.85. The van der Waals surface area contributed by atoms with E-state index in [1.54, 1.807) is 11.2 Å². The molecule has 16 heavy (non-hydrogen) atoms. The molecule has 0 N–H and O–H groups in total. The molecule has 0 unspecified atom stereocenters. The average Bonchev–Trinajstić information content (AvgIpc) is 2.75. The summed E-state index contributed by atoms with van der Waals surface area (Å²) >= 11 is 0. The molecule has 0 radical (unpaired) electrons. The Morgan fingerprint density at radius 1 is 1.56 bits per heavy atom. The highest BCUT2D eigenvalue weighted by Gasteiger charge is 2.13. The zero-order valence-electron chi connectivity index (χ0n) is 10.1. The summed E-state index contributed by atoms with van der Waals surface area (Å²) in [5.74, 6) is 0.785. The van der Waals surface area contributed by atoms with E-state index in [2.05, 4.69) is 0 Å². The van der Waals surface area contributed by atoms with Crippen molar-refractivity contribution >= 4 is 5.91 Å². The third kappa shape index (κ3) is 4.06. The normalized spacial score (nSPS) is 10.8. The first kappa shape index (κ1) is 12.8. The summed E-state index contributed by atoms with van der Waals surface area (Å²) in [4.78, 5) is 13.5. The van der Waals surface area contributed by atoms with E-state index in [0.29, 0.717) is 13.1 Å². The first-order chi connectivity index (χ1) is 7.63. The molecule has 0 saturated carbocycles. The SMILES string of the molecule is CCN(Cc1ccco1)C(=O)COC(C)C. The summed E-state index contributed by atoms with van der Waals surface area (Å²) in [6, 6.07) is 3.68. The van der Waals surface area contributed by atoms with Crippen LogP contribution in [0.5, 0.6) is 0 Å². The van der Waals surface area contributed by atoms with Crippen molar-refractivity contribution in [3.05, 3.63) is 24.2 Å². The van der Waals surface area contributed by atoms with Crippen molar-refractivity contribution < 1.29 is 13.9 Å². The minimum absolute atomic E-state index is 0.00685. The standard InChI is InChI=1S/C12H19NO3/c1-4-13(8-11-6-5-7-15-11)12(14)9-16-10(2)3/h5-7,10H,4,8-9H2,1-3H3. The largest absolute Gasteiger partial charge is 0.467 e. The zero-order valence-corrected chi connectivity index (χ0v) is 10.1. The van der Waals surface area contributed by atoms with E-state index >= 15 is 0 Å². The van der Waals surface area contributed by atoms with E-state index in [1.165, 1.54) is 0 Å². The van der Waals surface area contributed by atoms with Crippen molar-refractivity contribution in [2.45, 2.75) is 33.4 Å². The summed E-state index contributed by atoms with van der Waals surface area (Å²) in [7, 11) is 0. The fourth-order valence-electron chi connectivity index (χ4n) is 1.30. The molecule has 0 aliphatic carbocycles. The topological polar surface area (TPSA) is 42.7 Å². The number of amides is 1. The molecule has 0 saturated heterocycles. The van der Waals surface area contributed by atoms with E-state index in [4.69, 9.17) is 9.15 Å². The Morgan fingerprint density at radius 2 is 2.31 bits per heavy atom. The molecule has 0 bridgehead atoms. The molecule has 0 fully saturated rings. The number of carbonyl (C=O) groups is 1. The van der Waals surface area contributed by atoms with E-state index < -0.39 is 0 Å². The lowest BCUT2D eigenvalue weighted by Crippen LogP contribution is -2.34. The Labute approximate surface area is 96.2 Å². The molecule has 1 heterocycles. The molecule has 0 atom stereocenters. The van der Waals surface area contributed by atoms with Crippen molar-refractivity contribution in [2.75, 3.05) is 13.2 Å². The van der Waals surface area contributed by atoms with Gasteiger partial charge in [0.2, 0.25) is 5.91 Å². The summed E-state index contributed by atoms with van der Waals surface area (Å²) < 4.78 is 10.5. The lowest BCUT2D eigenvalue weighted by atomic mass is 10.4. The van der Waals surface area contributed by atoms with Crippen LogP contribution in [-0.2, 0) is 16.1 Å². The zero-order chi connectivity index (χ0) is 12.0. The van der Waals surface area contributed by atoms with Crippen LogP contribution < -0.4 is 0 Å². The first-order valence-electron chi connectivity index (χ1n) is 5.55. The Kier molecular flexibility index (Phi) is 5.05. The van der Waals surface area contributed by atoms with Crippen LogP contribution in [0.2, 0.25) is 0 Å². The van der Waals surface area contributed by atoms with Gasteiger partial charge >= 0.3 is 0 Å². The van der Waals surface area contributed by atoms with Crippen LogP contribution in [0.1, 0.15) is 26.5 Å². The van der Waals surface area contributed by atoms with Crippen molar-refractivity contribution in [1.82, 2.24) is 4.90 Å². The monoisotopic (exact) mass is 225 g/mol. The summed E-state index contributed by atoms with van der Waals surface area (Å²) in [6.07, 6.45) is 1.68. The maximum Gasteiger partial charge on any atom is 0.248 e. The molecule has 0 spiro atoms. The van der Waals surface area contributed by atoms with Gasteiger partial charge in [-0.2, -0.15) is 0 Å². The van der Waals surface area contributed by atoms with Gasteiger partial charge in [-0.1, -0.05) is 0 Å². The minimum Gasteiger partial charge on any atom is -0.467 e. The lowest BCUT2D eigenvalue weighted by Gasteiger charge is -2.20. The highest BCUT2D eigenvalue weighted by molar-refractivity contribution is 5.77. The summed E-state index contributed by atoms with van der Waals surface area (Å²) in [5.41, 5.74) is 0. The van der Waals surface area contributed by atoms with Gasteiger partial charge in [-0.3, -0.25) is 4.79 Å². The molecular weight excluding hydrogens is 206 g/mol. The number of likely N-dealkylation sites (N-methyl/N-ethyl adjacent to an activating group) is 1. The van der Waals surface area contributed by atoms with Crippen LogP contribution in [0.25, 0.3) is 0 Å². The molecule has 0 aromatic carbocycles. The highest BCUT2D eigenvalue weighted by Crippen LogP contribution is 2.05. The summed E-state index contributed by atoms with van der Waals surface area (Å²) in [6.45, 7) is 7.05. The number of ether oxygens (including phenoxy) is 1. The van der Waals surface area contributed by atoms with Crippen LogP contribution >= 0.6 is 0 Å². The lowest BCUT2D eigenvalue weighted by molar-refractivity contribution is -0.138. The van der Waals surface area contributed by atoms with Gasteiger partial charge in [0, 0.05) is 6.54 Å². The van der Waals surface area contributed by atoms with Gasteiger partial charge in [-0.15, -0.1) is 0 Å². The van der Waals surface area contributed by atoms with Crippen LogP contribution in [-0.4, -0.2) is 30.1 Å². The quantitative estimate of drug-likeness (QED) is 0.744. The Bertz CT molecular complexity index is 306. The maximum absolute atomic E-state index is 11.8. The van der Waals surface area contributed by atoms with Gasteiger partial charge in [-0.05, 0) is 32.9 Å². The van der Waals surface area contributed by atoms with Gasteiger partial charge in [-0.25, -0.2) is 0 Å². The third-order valence-electron chi connectivity index (χ3n) is 2.20. The minimum atomic E-state index is -0.00685. The van der Waals surface area contributed by atoms with Crippen molar-refractivity contribution in [2.24, 2.45) is 0 Å². The average molecular weight is 225 g/mol. The molecule has 1 amide bonds. The molecule has 4 nitrogen and oxygen atoms in total. The Hall–Kier alpha value is -1.29. The fourth-order valence-corrected chi connectivity index (χ4v) is 1.30. The molecule has 1 aromatic rings. The van der Waals surface area contributed by atoms with Gasteiger partial charge in [0.25, 0.3) is 0 Å². The molecule has 1 rings (SSSR count). The van der Waals surface area contributed by atoms with Gasteiger partial charge in [0.1, 0.15) is 12.4 Å². The number of hydrogen-bond donors (Lipinski definition) is 0. The van der Waals surface area contributed by atoms with Crippen molar-refractivity contribution in [1.29, 1.82) is 0 Å². The number of rotatable bonds is 6. The van der Waals surface area contributed by atoms with Crippen LogP contribution in [0.4, 0.5) is 0 Å². The molecule has 1 aromatic heterocycles. The van der Waals surface area contributed by atoms with Gasteiger partial charge in [0.15, 0.2) is 0 Å².